The fourth-order valence-corrected chi connectivity index (χ4v) is 6.07. The van der Waals surface area contributed by atoms with Crippen LogP contribution in [0.5, 0.6) is 0 Å². The molecule has 0 heterocycles. The van der Waals surface area contributed by atoms with Crippen LogP contribution in [0, 0.1) is 29.6 Å². The summed E-state index contributed by atoms with van der Waals surface area (Å²) in [6.45, 7) is 10.6. The molecule has 0 aromatic heterocycles. The van der Waals surface area contributed by atoms with Gasteiger partial charge in [-0.25, -0.2) is 0 Å². The quantitative estimate of drug-likeness (QED) is 0.575. The molecular formula is C21H40N2. The van der Waals surface area contributed by atoms with Gasteiger partial charge >= 0.3 is 0 Å². The van der Waals surface area contributed by atoms with E-state index in [-0.39, 0.29) is 0 Å². The zero-order chi connectivity index (χ0) is 16.3. The number of nitrogens with one attached hydrogen (secondary N) is 2. The average Bonchev–Trinajstić information content (AvgIpc) is 2.45. The summed E-state index contributed by atoms with van der Waals surface area (Å²) < 4.78 is 0. The van der Waals surface area contributed by atoms with E-state index in [1.807, 2.05) is 0 Å². The molecule has 0 aromatic carbocycles. The molecule has 0 aliphatic heterocycles. The van der Waals surface area contributed by atoms with Crippen LogP contribution in [0.2, 0.25) is 0 Å². The Hall–Kier alpha value is -0.0800. The van der Waals surface area contributed by atoms with E-state index >= 15 is 0 Å². The largest absolute Gasteiger partial charge is 0.315 e. The Kier molecular flexibility index (Phi) is 6.07. The van der Waals surface area contributed by atoms with Gasteiger partial charge in [-0.15, -0.1) is 0 Å². The molecule has 4 saturated carbocycles. The molecule has 2 N–H and O–H groups in total. The molecule has 4 bridgehead atoms. The first-order valence-corrected chi connectivity index (χ1v) is 10.5. The Morgan fingerprint density at radius 2 is 1.48 bits per heavy atom. The van der Waals surface area contributed by atoms with E-state index in [9.17, 15) is 0 Å². The van der Waals surface area contributed by atoms with Gasteiger partial charge in [0.2, 0.25) is 0 Å². The number of hydrogen-bond acceptors (Lipinski definition) is 2. The second-order valence-corrected chi connectivity index (χ2v) is 9.76. The van der Waals surface area contributed by atoms with Gasteiger partial charge in [-0.1, -0.05) is 33.6 Å². The highest BCUT2D eigenvalue weighted by Crippen LogP contribution is 2.55. The lowest BCUT2D eigenvalue weighted by molar-refractivity contribution is -0.0192. The maximum atomic E-state index is 4.00. The molecular weight excluding hydrogens is 280 g/mol. The van der Waals surface area contributed by atoms with Crippen molar-refractivity contribution < 1.29 is 0 Å². The molecule has 2 nitrogen and oxygen atoms in total. The summed E-state index contributed by atoms with van der Waals surface area (Å²) in [7, 11) is 0. The van der Waals surface area contributed by atoms with Gasteiger partial charge in [-0.2, -0.15) is 0 Å². The lowest BCUT2D eigenvalue weighted by atomic mass is 9.53. The molecule has 23 heavy (non-hydrogen) atoms. The van der Waals surface area contributed by atoms with E-state index in [0.717, 1.165) is 36.1 Å². The summed E-state index contributed by atoms with van der Waals surface area (Å²) in [5.74, 6) is 4.86. The molecule has 0 aromatic rings. The first kappa shape index (κ1) is 17.7. The standard InChI is InChI=1S/C21H40N2/c1-16(2)5-4-6-17(3)15-22-7-8-23-21-12-18-9-19(13-21)11-20(10-18)14-21/h16-20,22-23H,4-15H2,1-3H3. The Morgan fingerprint density at radius 3 is 2.04 bits per heavy atom. The topological polar surface area (TPSA) is 24.1 Å². The van der Waals surface area contributed by atoms with E-state index in [0.29, 0.717) is 5.54 Å². The van der Waals surface area contributed by atoms with Gasteiger partial charge in [0.25, 0.3) is 0 Å². The number of hydrogen-bond donors (Lipinski definition) is 2. The second kappa shape index (κ2) is 7.87. The molecule has 2 heteroatoms. The smallest absolute Gasteiger partial charge is 0.0190 e. The fourth-order valence-electron chi connectivity index (χ4n) is 6.07. The van der Waals surface area contributed by atoms with Crippen molar-refractivity contribution in [3.8, 4) is 0 Å². The Bertz CT molecular complexity index is 328. The molecule has 134 valence electrons. The zero-order valence-corrected chi connectivity index (χ0v) is 15.9. The minimum absolute atomic E-state index is 0.541. The van der Waals surface area contributed by atoms with E-state index < -0.39 is 0 Å². The SMILES string of the molecule is CC(C)CCCC(C)CNCCNC12CC3CC(CC(C3)C1)C2. The van der Waals surface area contributed by atoms with Crippen molar-refractivity contribution in [2.24, 2.45) is 29.6 Å². The van der Waals surface area contributed by atoms with E-state index in [2.05, 4.69) is 31.4 Å². The van der Waals surface area contributed by atoms with Crippen LogP contribution in [0.4, 0.5) is 0 Å². The van der Waals surface area contributed by atoms with Gasteiger partial charge in [0.1, 0.15) is 0 Å². The van der Waals surface area contributed by atoms with Gasteiger partial charge in [-0.3, -0.25) is 0 Å². The first-order valence-electron chi connectivity index (χ1n) is 10.5. The van der Waals surface area contributed by atoms with Crippen molar-refractivity contribution in [2.75, 3.05) is 19.6 Å². The van der Waals surface area contributed by atoms with E-state index in [1.165, 1.54) is 51.6 Å². The molecule has 4 aliphatic rings. The summed E-state index contributed by atoms with van der Waals surface area (Å²) in [5.41, 5.74) is 0.541. The van der Waals surface area contributed by atoms with Gasteiger partial charge < -0.3 is 10.6 Å². The van der Waals surface area contributed by atoms with Crippen LogP contribution in [0.25, 0.3) is 0 Å². The number of rotatable bonds is 10. The third-order valence-corrected chi connectivity index (χ3v) is 6.81. The first-order chi connectivity index (χ1) is 11.0. The summed E-state index contributed by atoms with van der Waals surface area (Å²) in [6, 6.07) is 0. The normalized spacial score (nSPS) is 36.8. The van der Waals surface area contributed by atoms with Crippen molar-refractivity contribution in [2.45, 2.75) is 84.1 Å². The van der Waals surface area contributed by atoms with Crippen LogP contribution in [0.3, 0.4) is 0 Å². The Morgan fingerprint density at radius 1 is 0.870 bits per heavy atom. The van der Waals surface area contributed by atoms with Gasteiger partial charge in [0.15, 0.2) is 0 Å². The summed E-state index contributed by atoms with van der Waals surface area (Å²) in [5, 5.41) is 7.69. The van der Waals surface area contributed by atoms with Crippen LogP contribution in [0.1, 0.15) is 78.6 Å². The lowest BCUT2D eigenvalue weighted by Gasteiger charge is -2.57. The van der Waals surface area contributed by atoms with Gasteiger partial charge in [0, 0.05) is 18.6 Å². The van der Waals surface area contributed by atoms with Crippen LogP contribution >= 0.6 is 0 Å². The minimum atomic E-state index is 0.541. The summed E-state index contributed by atoms with van der Waals surface area (Å²) >= 11 is 0. The molecule has 0 amide bonds. The fraction of sp³-hybridized carbons (Fsp3) is 1.00. The maximum Gasteiger partial charge on any atom is 0.0190 e. The highest BCUT2D eigenvalue weighted by Gasteiger charge is 2.50. The molecule has 1 unspecified atom stereocenters. The molecule has 4 aliphatic carbocycles. The summed E-state index contributed by atoms with van der Waals surface area (Å²) in [4.78, 5) is 0. The van der Waals surface area contributed by atoms with E-state index in [4.69, 9.17) is 0 Å². The van der Waals surface area contributed by atoms with Crippen molar-refractivity contribution in [3.05, 3.63) is 0 Å². The monoisotopic (exact) mass is 320 g/mol. The molecule has 0 saturated heterocycles. The second-order valence-electron chi connectivity index (χ2n) is 9.76. The third kappa shape index (κ3) is 4.95. The highest BCUT2D eigenvalue weighted by atomic mass is 15.0. The van der Waals surface area contributed by atoms with Crippen molar-refractivity contribution in [1.82, 2.24) is 10.6 Å². The minimum Gasteiger partial charge on any atom is -0.315 e. The molecule has 4 rings (SSSR count). The molecule has 0 radical (unpaired) electrons. The summed E-state index contributed by atoms with van der Waals surface area (Å²) in [6.07, 6.45) is 13.2. The van der Waals surface area contributed by atoms with Crippen LogP contribution in [0.15, 0.2) is 0 Å². The average molecular weight is 321 g/mol. The van der Waals surface area contributed by atoms with Crippen LogP contribution < -0.4 is 10.6 Å². The van der Waals surface area contributed by atoms with Crippen molar-refractivity contribution >= 4 is 0 Å². The third-order valence-electron chi connectivity index (χ3n) is 6.81. The highest BCUT2D eigenvalue weighted by molar-refractivity contribution is 5.06. The van der Waals surface area contributed by atoms with Gasteiger partial charge in [0.05, 0.1) is 0 Å². The Balaban J connectivity index is 1.27. The van der Waals surface area contributed by atoms with Crippen LogP contribution in [-0.2, 0) is 0 Å². The molecule has 4 fully saturated rings. The lowest BCUT2D eigenvalue weighted by Crippen LogP contribution is -2.59. The van der Waals surface area contributed by atoms with E-state index in [1.54, 1.807) is 19.3 Å². The van der Waals surface area contributed by atoms with Crippen molar-refractivity contribution in [3.63, 3.8) is 0 Å². The van der Waals surface area contributed by atoms with Gasteiger partial charge in [-0.05, 0) is 81.1 Å². The maximum absolute atomic E-state index is 4.00. The molecule has 1 atom stereocenters. The zero-order valence-electron chi connectivity index (χ0n) is 15.9. The van der Waals surface area contributed by atoms with Crippen LogP contribution in [-0.4, -0.2) is 25.2 Å². The predicted octanol–water partition coefficient (Wildman–Crippen LogP) is 4.60. The predicted molar refractivity (Wildman–Crippen MR) is 99.6 cm³/mol. The van der Waals surface area contributed by atoms with Crippen molar-refractivity contribution in [1.29, 1.82) is 0 Å². The Labute approximate surface area is 144 Å². The molecule has 0 spiro atoms.